The van der Waals surface area contributed by atoms with E-state index >= 15 is 0 Å². The molecule has 1 aromatic carbocycles. The van der Waals surface area contributed by atoms with Crippen LogP contribution in [0.15, 0.2) is 36.4 Å². The van der Waals surface area contributed by atoms with E-state index in [1.54, 1.807) is 0 Å². The molecule has 0 atom stereocenters. The zero-order valence-electron chi connectivity index (χ0n) is 18.2. The maximum absolute atomic E-state index is 12.8. The van der Waals surface area contributed by atoms with Gasteiger partial charge in [-0.1, -0.05) is 38.0 Å². The van der Waals surface area contributed by atoms with Crippen LogP contribution in [0.3, 0.4) is 0 Å². The number of para-hydroxylation sites is 1. The molecule has 0 spiro atoms. The molecular weight excluding hydrogens is 378 g/mol. The van der Waals surface area contributed by atoms with Crippen molar-refractivity contribution in [1.29, 1.82) is 0 Å². The van der Waals surface area contributed by atoms with Crippen molar-refractivity contribution in [2.75, 3.05) is 25.0 Å². The first-order chi connectivity index (χ1) is 14.5. The summed E-state index contributed by atoms with van der Waals surface area (Å²) in [5.74, 6) is 0.912. The minimum Gasteiger partial charge on any atom is -0.353 e. The molecule has 0 aliphatic heterocycles. The average Bonchev–Trinajstić information content (AvgIpc) is 3.37. The van der Waals surface area contributed by atoms with Crippen molar-refractivity contribution in [2.45, 2.75) is 58.4 Å². The minimum absolute atomic E-state index is 0.0718. The van der Waals surface area contributed by atoms with Gasteiger partial charge in [-0.3, -0.25) is 14.5 Å². The Morgan fingerprint density at radius 2 is 1.80 bits per heavy atom. The van der Waals surface area contributed by atoms with Gasteiger partial charge in [-0.15, -0.1) is 0 Å². The number of carbonyl (C=O) groups excluding carboxylic acids is 2. The van der Waals surface area contributed by atoms with Crippen LogP contribution in [0, 0.1) is 0 Å². The van der Waals surface area contributed by atoms with Crippen molar-refractivity contribution in [1.82, 2.24) is 20.0 Å². The highest BCUT2D eigenvalue weighted by atomic mass is 16.2. The standard InChI is InChI=1S/C23H33N5O2/c1-4-27(15-22(29)24-17(2)3)16-23(30)25-21-14-20(18-10-8-9-11-18)26-28(21)19-12-6-5-7-13-19/h5-7,12-14,17-18H,4,8-11,15-16H2,1-3H3,(H,24,29)(H,25,30). The molecule has 1 fully saturated rings. The number of hydrogen-bond acceptors (Lipinski definition) is 4. The van der Waals surface area contributed by atoms with Crippen LogP contribution in [0.4, 0.5) is 5.82 Å². The number of anilines is 1. The molecule has 1 heterocycles. The van der Waals surface area contributed by atoms with Crippen LogP contribution in [0.1, 0.15) is 58.1 Å². The lowest BCUT2D eigenvalue weighted by Crippen LogP contribution is -2.42. The summed E-state index contributed by atoms with van der Waals surface area (Å²) < 4.78 is 1.81. The lowest BCUT2D eigenvalue weighted by Gasteiger charge is -2.20. The van der Waals surface area contributed by atoms with Crippen LogP contribution in [0.5, 0.6) is 0 Å². The summed E-state index contributed by atoms with van der Waals surface area (Å²) in [6.07, 6.45) is 4.75. The number of likely N-dealkylation sites (N-methyl/N-ethyl adjacent to an activating group) is 1. The highest BCUT2D eigenvalue weighted by Gasteiger charge is 2.23. The number of hydrogen-bond donors (Lipinski definition) is 2. The van der Waals surface area contributed by atoms with Crippen LogP contribution >= 0.6 is 0 Å². The molecule has 0 bridgehead atoms. The number of nitrogens with zero attached hydrogens (tertiary/aromatic N) is 3. The zero-order chi connectivity index (χ0) is 21.5. The highest BCUT2D eigenvalue weighted by molar-refractivity contribution is 5.92. The summed E-state index contributed by atoms with van der Waals surface area (Å²) in [5, 5.41) is 10.7. The van der Waals surface area contributed by atoms with E-state index in [0.717, 1.165) is 24.2 Å². The van der Waals surface area contributed by atoms with Gasteiger partial charge in [0.05, 0.1) is 24.5 Å². The first kappa shape index (κ1) is 22.0. The maximum Gasteiger partial charge on any atom is 0.239 e. The Bertz CT molecular complexity index is 841. The first-order valence-corrected chi connectivity index (χ1v) is 10.9. The molecule has 7 heteroatoms. The second-order valence-electron chi connectivity index (χ2n) is 8.26. The number of carbonyl (C=O) groups is 2. The van der Waals surface area contributed by atoms with Crippen molar-refractivity contribution in [3.05, 3.63) is 42.1 Å². The molecule has 0 radical (unpaired) electrons. The second kappa shape index (κ2) is 10.4. The molecule has 1 aromatic heterocycles. The Kier molecular flexibility index (Phi) is 7.63. The van der Waals surface area contributed by atoms with Crippen molar-refractivity contribution in [3.8, 4) is 5.69 Å². The Morgan fingerprint density at radius 1 is 1.13 bits per heavy atom. The summed E-state index contributed by atoms with van der Waals surface area (Å²) in [7, 11) is 0. The van der Waals surface area contributed by atoms with Gasteiger partial charge in [0.15, 0.2) is 0 Å². The fourth-order valence-corrected chi connectivity index (χ4v) is 3.91. The summed E-state index contributed by atoms with van der Waals surface area (Å²) in [5.41, 5.74) is 1.95. The van der Waals surface area contributed by atoms with Crippen LogP contribution in [-0.2, 0) is 9.59 Å². The van der Waals surface area contributed by atoms with E-state index in [4.69, 9.17) is 5.10 Å². The largest absolute Gasteiger partial charge is 0.353 e. The molecule has 1 aliphatic carbocycles. The number of nitrogens with one attached hydrogen (secondary N) is 2. The maximum atomic E-state index is 12.8. The monoisotopic (exact) mass is 411 g/mol. The van der Waals surface area contributed by atoms with Crippen molar-refractivity contribution in [3.63, 3.8) is 0 Å². The minimum atomic E-state index is -0.149. The third kappa shape index (κ3) is 5.92. The van der Waals surface area contributed by atoms with Gasteiger partial charge in [0.1, 0.15) is 5.82 Å². The average molecular weight is 412 g/mol. The fourth-order valence-electron chi connectivity index (χ4n) is 3.91. The molecule has 0 saturated heterocycles. The Balaban J connectivity index is 1.72. The quantitative estimate of drug-likeness (QED) is 0.663. The smallest absolute Gasteiger partial charge is 0.239 e. The normalized spacial score (nSPS) is 14.4. The summed E-state index contributed by atoms with van der Waals surface area (Å²) in [6, 6.07) is 11.9. The van der Waals surface area contributed by atoms with E-state index < -0.39 is 0 Å². The van der Waals surface area contributed by atoms with E-state index in [0.29, 0.717) is 18.3 Å². The molecule has 162 valence electrons. The van der Waals surface area contributed by atoms with Gasteiger partial charge in [-0.25, -0.2) is 4.68 Å². The Hall–Kier alpha value is -2.67. The molecule has 2 N–H and O–H groups in total. The SMILES string of the molecule is CCN(CC(=O)Nc1cc(C2CCCC2)nn1-c1ccccc1)CC(=O)NC(C)C. The zero-order valence-corrected chi connectivity index (χ0v) is 18.2. The molecule has 2 amide bonds. The molecule has 2 aromatic rings. The third-order valence-corrected chi connectivity index (χ3v) is 5.40. The fraction of sp³-hybridized carbons (Fsp3) is 0.522. The molecule has 1 aliphatic rings. The van der Waals surface area contributed by atoms with Gasteiger partial charge in [-0.2, -0.15) is 5.10 Å². The highest BCUT2D eigenvalue weighted by Crippen LogP contribution is 2.35. The van der Waals surface area contributed by atoms with Crippen LogP contribution < -0.4 is 10.6 Å². The van der Waals surface area contributed by atoms with Crippen LogP contribution in [-0.4, -0.2) is 52.2 Å². The van der Waals surface area contributed by atoms with Crippen molar-refractivity contribution in [2.24, 2.45) is 0 Å². The number of benzene rings is 1. The van der Waals surface area contributed by atoms with Crippen LogP contribution in [0.25, 0.3) is 5.69 Å². The Labute approximate surface area is 178 Å². The van der Waals surface area contributed by atoms with Gasteiger partial charge >= 0.3 is 0 Å². The molecule has 30 heavy (non-hydrogen) atoms. The predicted octanol–water partition coefficient (Wildman–Crippen LogP) is 3.31. The molecule has 1 saturated carbocycles. The van der Waals surface area contributed by atoms with Gasteiger partial charge in [0, 0.05) is 18.0 Å². The molecular formula is C23H33N5O2. The summed E-state index contributed by atoms with van der Waals surface area (Å²) >= 11 is 0. The van der Waals surface area contributed by atoms with E-state index in [1.165, 1.54) is 12.8 Å². The van der Waals surface area contributed by atoms with Crippen molar-refractivity contribution < 1.29 is 9.59 Å². The second-order valence-corrected chi connectivity index (χ2v) is 8.26. The number of amides is 2. The predicted molar refractivity (Wildman–Crippen MR) is 119 cm³/mol. The topological polar surface area (TPSA) is 79.3 Å². The number of aromatic nitrogens is 2. The molecule has 0 unspecified atom stereocenters. The van der Waals surface area contributed by atoms with Gasteiger partial charge < -0.3 is 10.6 Å². The summed E-state index contributed by atoms with van der Waals surface area (Å²) in [4.78, 5) is 26.7. The lowest BCUT2D eigenvalue weighted by molar-refractivity contribution is -0.123. The van der Waals surface area contributed by atoms with E-state index in [2.05, 4.69) is 10.6 Å². The van der Waals surface area contributed by atoms with E-state index in [9.17, 15) is 9.59 Å². The van der Waals surface area contributed by atoms with Gasteiger partial charge in [0.2, 0.25) is 11.8 Å². The third-order valence-electron chi connectivity index (χ3n) is 5.40. The Morgan fingerprint density at radius 3 is 2.43 bits per heavy atom. The van der Waals surface area contributed by atoms with E-state index in [1.807, 2.05) is 66.8 Å². The lowest BCUT2D eigenvalue weighted by atomic mass is 10.0. The number of rotatable bonds is 9. The summed E-state index contributed by atoms with van der Waals surface area (Å²) in [6.45, 7) is 6.77. The van der Waals surface area contributed by atoms with Gasteiger partial charge in [0.25, 0.3) is 0 Å². The molecule has 3 rings (SSSR count). The van der Waals surface area contributed by atoms with Crippen LogP contribution in [0.2, 0.25) is 0 Å². The van der Waals surface area contributed by atoms with Gasteiger partial charge in [-0.05, 0) is 45.4 Å². The van der Waals surface area contributed by atoms with Crippen molar-refractivity contribution >= 4 is 17.6 Å². The van der Waals surface area contributed by atoms with E-state index in [-0.39, 0.29) is 30.9 Å². The first-order valence-electron chi connectivity index (χ1n) is 10.9. The molecule has 7 nitrogen and oxygen atoms in total.